The minimum absolute atomic E-state index is 0.612. The fourth-order valence-corrected chi connectivity index (χ4v) is 11.2. The fraction of sp³-hybridized carbons (Fsp3) is 0.0120. The molecule has 1 N–H and O–H groups in total. The van der Waals surface area contributed by atoms with E-state index in [0.29, 0.717) is 39.5 Å². The molecule has 8 heterocycles. The molecule has 0 saturated carbocycles. The van der Waals surface area contributed by atoms with E-state index in [2.05, 4.69) is 138 Å². The van der Waals surface area contributed by atoms with E-state index < -0.39 is 0 Å². The maximum Gasteiger partial charge on any atom is 0.0878 e. The van der Waals surface area contributed by atoms with Crippen molar-refractivity contribution in [1.82, 2.24) is 38.6 Å². The van der Waals surface area contributed by atoms with Gasteiger partial charge in [-0.2, -0.15) is 21.0 Å². The van der Waals surface area contributed by atoms with Crippen molar-refractivity contribution in [3.05, 3.63) is 354 Å². The predicted molar refractivity (Wildman–Crippen MR) is 417 cm³/mol. The minimum Gasteiger partial charge on any atom is -0.360 e. The van der Waals surface area contributed by atoms with E-state index in [1.54, 1.807) is 116 Å². The van der Waals surface area contributed by atoms with Crippen LogP contribution in [0.5, 0.6) is 46.0 Å². The van der Waals surface area contributed by atoms with E-state index in [9.17, 15) is 0 Å². The van der Waals surface area contributed by atoms with Gasteiger partial charge in [-0.3, -0.25) is 19.9 Å². The molecule has 0 atom stereocenters. The molecule has 0 fully saturated rings. The number of allylic oxidation sites excluding steroid dienone is 1. The van der Waals surface area contributed by atoms with Crippen molar-refractivity contribution < 1.29 is 18.9 Å². The molecule has 0 amide bonds. The largest absolute Gasteiger partial charge is 0.360 e. The zero-order chi connectivity index (χ0) is 72.4. The Morgan fingerprint density at radius 3 is 1.18 bits per heavy atom. The summed E-state index contributed by atoms with van der Waals surface area (Å²) in [5.74, 6) is 5.83. The number of nitrogens with one attached hydrogen (secondary N) is 1. The van der Waals surface area contributed by atoms with Gasteiger partial charge in [-0.25, -0.2) is 0 Å². The number of rotatable bonds is 13. The molecule has 21 heteroatoms. The molecule has 1 radical (unpaired) electrons. The number of aromatic nitrogens is 8. The van der Waals surface area contributed by atoms with Crippen LogP contribution in [0.1, 0.15) is 27.8 Å². The van der Waals surface area contributed by atoms with Crippen LogP contribution >= 0.6 is 44.7 Å². The first-order valence-corrected chi connectivity index (χ1v) is 33.8. The number of aromatic amines is 1. The quantitative estimate of drug-likeness (QED) is 0.0624. The SMILES string of the molecule is C=CCc1cn(-c2ccc(Oc3ccc(C#N)cc3)cc2)c2cccnc12.N#Cc1ccc(Oc2ccc(-n3cc(Br)c4ncccc43)cc2)cc1.N#Cc1ccc(Oc2ccc(-n3ccc4ncccc43)cc2)cc1.N#Cc1ccc(Oc2ccc(Br)cc2)cc1.[B]=NS.c1cnc2cc[nH]c2c1. The van der Waals surface area contributed by atoms with Crippen molar-refractivity contribution in [2.24, 2.45) is 4.30 Å². The minimum atomic E-state index is 0.612. The molecular formula is C83H57BBr2N13O4S. The molecule has 8 aromatic carbocycles. The number of nitriles is 4. The van der Waals surface area contributed by atoms with E-state index >= 15 is 0 Å². The molecule has 0 spiro atoms. The maximum atomic E-state index is 8.86. The van der Waals surface area contributed by atoms with Gasteiger partial charge in [-0.05, 0) is 277 Å². The normalized spacial score (nSPS) is 10.1. The number of thiol groups is 1. The Morgan fingerprint density at radius 2 is 0.769 bits per heavy atom. The number of H-pyrrole nitrogens is 1. The third kappa shape index (κ3) is 19.1. The summed E-state index contributed by atoms with van der Waals surface area (Å²) in [4.78, 5) is 20.4. The van der Waals surface area contributed by atoms with Crippen molar-refractivity contribution in [2.75, 3.05) is 0 Å². The number of fused-ring (bicyclic) bond motifs is 4. The zero-order valence-corrected chi connectivity index (χ0v) is 59.2. The average molecular weight is 1500 g/mol. The molecule has 0 aliphatic rings. The summed E-state index contributed by atoms with van der Waals surface area (Å²) in [5.41, 5.74) is 14.9. The fourth-order valence-electron chi connectivity index (χ4n) is 10.4. The predicted octanol–water partition coefficient (Wildman–Crippen LogP) is 21.4. The van der Waals surface area contributed by atoms with Crippen molar-refractivity contribution in [3.8, 4) is 87.3 Å². The van der Waals surface area contributed by atoms with Gasteiger partial charge < -0.3 is 37.6 Å². The first-order chi connectivity index (χ1) is 51.0. The van der Waals surface area contributed by atoms with Crippen molar-refractivity contribution >= 4 is 96.4 Å². The number of hydrogen-bond donors (Lipinski definition) is 2. The van der Waals surface area contributed by atoms with E-state index in [0.717, 1.165) is 111 Å². The number of halogens is 2. The summed E-state index contributed by atoms with van der Waals surface area (Å²) < 4.78 is 34.1. The molecule has 16 rings (SSSR count). The van der Waals surface area contributed by atoms with Crippen LogP contribution in [-0.4, -0.2) is 46.3 Å². The Bertz CT molecular complexity index is 5680. The summed E-state index contributed by atoms with van der Waals surface area (Å²) in [6, 6.07) is 87.5. The van der Waals surface area contributed by atoms with E-state index in [1.165, 1.54) is 0 Å². The molecule has 501 valence electrons. The van der Waals surface area contributed by atoms with Gasteiger partial charge in [0.1, 0.15) is 51.5 Å². The molecular weight excluding hydrogens is 1450 g/mol. The summed E-state index contributed by atoms with van der Waals surface area (Å²) in [5, 5.41) is 35.2. The number of pyridine rings is 4. The summed E-state index contributed by atoms with van der Waals surface area (Å²) >= 11 is 10.1. The molecule has 0 aliphatic heterocycles. The molecule has 8 aromatic heterocycles. The van der Waals surface area contributed by atoms with Crippen molar-refractivity contribution in [1.29, 1.82) is 21.0 Å². The van der Waals surface area contributed by atoms with Gasteiger partial charge >= 0.3 is 24.8 Å². The van der Waals surface area contributed by atoms with Crippen LogP contribution in [0.15, 0.2) is 330 Å². The monoisotopic (exact) mass is 1500 g/mol. The summed E-state index contributed by atoms with van der Waals surface area (Å²) in [6.45, 7) is 3.84. The number of benzene rings is 8. The van der Waals surface area contributed by atoms with Crippen LogP contribution in [0.25, 0.3) is 61.2 Å². The summed E-state index contributed by atoms with van der Waals surface area (Å²) in [6.07, 6.45) is 17.9. The van der Waals surface area contributed by atoms with E-state index in [1.807, 2.05) is 183 Å². The van der Waals surface area contributed by atoms with Gasteiger partial charge in [-0.1, -0.05) is 22.0 Å². The zero-order valence-electron chi connectivity index (χ0n) is 55.1. The average Bonchev–Trinajstić information content (AvgIpc) is 1.65. The second-order valence-electron chi connectivity index (χ2n) is 22.1. The van der Waals surface area contributed by atoms with Crippen LogP contribution in [-0.2, 0) is 6.42 Å². The standard InChI is InChI=1S/C23H17N3O.C20H12BrN3O.C20H13N3O.C13H8BrNO.C7H6N2.BHNS/c1-2-4-18-16-26(22-5-3-14-25-23(18)22)19-8-12-21(13-9-19)27-20-10-6-17(15-24)7-11-20;21-18-13-24(19-2-1-11-23-20(18)19)15-5-9-17(10-6-15)25-16-7-3-14(12-22)4-8-16;21-14-15-3-7-17(8-4-15)24-18-9-5-16(6-10-18)23-13-11-19-20(23)2-1-12-22-19;14-11-3-7-13(8-4-11)16-12-5-1-10(9-15)2-6-12;1-2-6-7(8-4-1)3-5-9-6;1-2-3/h2-3,5-14,16H,1,4H2;1-11,13H;1-13H;1-8H;1-5,9H;3H. The number of nitrogens with zero attached hydrogens (tertiary/aromatic N) is 12. The Hall–Kier alpha value is -13.4. The molecule has 0 aliphatic carbocycles. The molecule has 0 bridgehead atoms. The smallest absolute Gasteiger partial charge is 0.0878 e. The number of ether oxygens (including phenoxy) is 4. The molecule has 104 heavy (non-hydrogen) atoms. The Kier molecular flexibility index (Phi) is 24.9. The second kappa shape index (κ2) is 36.1. The van der Waals surface area contributed by atoms with Gasteiger partial charge in [0.2, 0.25) is 0 Å². The van der Waals surface area contributed by atoms with Gasteiger partial charge in [0, 0.05) is 76.7 Å². The summed E-state index contributed by atoms with van der Waals surface area (Å²) in [7, 11) is 4.34. The molecule has 0 saturated heterocycles. The van der Waals surface area contributed by atoms with E-state index in [-0.39, 0.29) is 0 Å². The molecule has 16 aromatic rings. The van der Waals surface area contributed by atoms with Crippen LogP contribution in [0.2, 0.25) is 0 Å². The van der Waals surface area contributed by atoms with Gasteiger partial charge in [0.05, 0.1) is 89.6 Å². The van der Waals surface area contributed by atoms with Crippen molar-refractivity contribution in [3.63, 3.8) is 0 Å². The molecule has 17 nitrogen and oxygen atoms in total. The Morgan fingerprint density at radius 1 is 0.423 bits per heavy atom. The van der Waals surface area contributed by atoms with Crippen LogP contribution in [0, 0.1) is 45.3 Å². The van der Waals surface area contributed by atoms with Crippen LogP contribution < -0.4 is 18.9 Å². The Balaban J connectivity index is 0.000000133. The van der Waals surface area contributed by atoms with Crippen molar-refractivity contribution in [2.45, 2.75) is 6.42 Å². The third-order valence-electron chi connectivity index (χ3n) is 15.3. The van der Waals surface area contributed by atoms with Crippen LogP contribution in [0.4, 0.5) is 0 Å². The first-order valence-electron chi connectivity index (χ1n) is 31.8. The Labute approximate surface area is 622 Å². The van der Waals surface area contributed by atoms with Crippen LogP contribution in [0.3, 0.4) is 0 Å². The van der Waals surface area contributed by atoms with Gasteiger partial charge in [0.15, 0.2) is 0 Å². The molecule has 0 unspecified atom stereocenters. The van der Waals surface area contributed by atoms with Gasteiger partial charge in [-0.15, -0.1) is 6.58 Å². The second-order valence-corrected chi connectivity index (χ2v) is 24.1. The third-order valence-corrected chi connectivity index (χ3v) is 16.4. The maximum absolute atomic E-state index is 8.86. The van der Waals surface area contributed by atoms with Gasteiger partial charge in [0.25, 0.3) is 0 Å². The number of hydrogen-bond acceptors (Lipinski definition) is 14. The van der Waals surface area contributed by atoms with E-state index in [4.69, 9.17) is 40.0 Å². The topological polar surface area (TPSA) is 227 Å². The first kappa shape index (κ1) is 71.9.